The van der Waals surface area contributed by atoms with Crippen molar-refractivity contribution in [2.75, 3.05) is 25.1 Å². The summed E-state index contributed by atoms with van der Waals surface area (Å²) in [5.41, 5.74) is 0.632. The first-order chi connectivity index (χ1) is 8.65. The average Bonchev–Trinajstić information content (AvgIpc) is 2.41. The van der Waals surface area contributed by atoms with Crippen molar-refractivity contribution in [3.8, 4) is 0 Å². The molecule has 0 N–H and O–H groups in total. The van der Waals surface area contributed by atoms with Gasteiger partial charge in [0.25, 0.3) is 5.91 Å². The molecule has 1 atom stereocenters. The maximum Gasteiger partial charge on any atom is 0.257 e. The number of halogens is 2. The van der Waals surface area contributed by atoms with Crippen LogP contribution in [0.1, 0.15) is 15.9 Å². The van der Waals surface area contributed by atoms with Crippen LogP contribution in [-0.2, 0) is 4.74 Å². The van der Waals surface area contributed by atoms with Crippen molar-refractivity contribution in [1.82, 2.24) is 4.90 Å². The van der Waals surface area contributed by atoms with E-state index in [4.69, 9.17) is 4.74 Å². The summed E-state index contributed by atoms with van der Waals surface area (Å²) in [7, 11) is 0. The molecule has 2 rings (SSSR count). The summed E-state index contributed by atoms with van der Waals surface area (Å²) in [5, 5.41) is 0.631. The third kappa shape index (κ3) is 2.57. The molecule has 1 fully saturated rings. The fourth-order valence-electron chi connectivity index (χ4n) is 2.02. The fraction of sp³-hybridized carbons (Fsp3) is 0.462. The van der Waals surface area contributed by atoms with E-state index in [1.54, 1.807) is 24.0 Å². The Balaban J connectivity index is 2.27. The lowest BCUT2D eigenvalue weighted by Crippen LogP contribution is -2.49. The number of hydrogen-bond donors (Lipinski definition) is 0. The third-order valence-corrected chi connectivity index (χ3v) is 3.84. The van der Waals surface area contributed by atoms with E-state index in [1.165, 1.54) is 6.07 Å². The van der Waals surface area contributed by atoms with Crippen molar-refractivity contribution in [1.29, 1.82) is 0 Å². The summed E-state index contributed by atoms with van der Waals surface area (Å²) in [4.78, 5) is 14.0. The maximum atomic E-state index is 13.9. The molecular formula is C13H15BrFNO2. The number of benzene rings is 1. The van der Waals surface area contributed by atoms with Crippen molar-refractivity contribution < 1.29 is 13.9 Å². The molecule has 1 aromatic carbocycles. The summed E-state index contributed by atoms with van der Waals surface area (Å²) in [6.07, 6.45) is 0. The molecule has 3 nitrogen and oxygen atoms in total. The summed E-state index contributed by atoms with van der Waals surface area (Å²) in [5.74, 6) is -0.689. The molecule has 0 aromatic heterocycles. The van der Waals surface area contributed by atoms with E-state index in [2.05, 4.69) is 15.9 Å². The van der Waals surface area contributed by atoms with Crippen molar-refractivity contribution in [2.45, 2.75) is 13.0 Å². The number of amides is 1. The molecule has 1 unspecified atom stereocenters. The van der Waals surface area contributed by atoms with Gasteiger partial charge in [-0.2, -0.15) is 0 Å². The molecule has 98 valence electrons. The van der Waals surface area contributed by atoms with Gasteiger partial charge in [-0.15, -0.1) is 0 Å². The Hall–Kier alpha value is -0.940. The van der Waals surface area contributed by atoms with Crippen molar-refractivity contribution in [3.05, 3.63) is 35.1 Å². The SMILES string of the molecule is Cc1cccc(C(=O)N2CCOCC2CBr)c1F. The minimum Gasteiger partial charge on any atom is -0.377 e. The molecule has 1 heterocycles. The van der Waals surface area contributed by atoms with Gasteiger partial charge in [0, 0.05) is 11.9 Å². The summed E-state index contributed by atoms with van der Waals surface area (Å²) < 4.78 is 19.3. The van der Waals surface area contributed by atoms with Crippen LogP contribution in [0.3, 0.4) is 0 Å². The Bertz CT molecular complexity index is 453. The summed E-state index contributed by atoms with van der Waals surface area (Å²) in [6.45, 7) is 3.16. The van der Waals surface area contributed by atoms with Crippen LogP contribution >= 0.6 is 15.9 Å². The number of nitrogens with zero attached hydrogens (tertiary/aromatic N) is 1. The predicted molar refractivity (Wildman–Crippen MR) is 70.6 cm³/mol. The molecule has 1 aliphatic heterocycles. The third-order valence-electron chi connectivity index (χ3n) is 3.09. The molecular weight excluding hydrogens is 301 g/mol. The number of ether oxygens (including phenoxy) is 1. The number of carbonyl (C=O) groups is 1. The van der Waals surface area contributed by atoms with E-state index < -0.39 is 5.82 Å². The minimum atomic E-state index is -0.428. The van der Waals surface area contributed by atoms with Gasteiger partial charge in [0.05, 0.1) is 24.8 Å². The first kappa shape index (κ1) is 13.5. The standard InChI is InChI=1S/C13H15BrFNO2/c1-9-3-2-4-11(12(9)15)13(17)16-5-6-18-8-10(16)7-14/h2-4,10H,5-8H2,1H3. The maximum absolute atomic E-state index is 13.9. The predicted octanol–water partition coefficient (Wildman–Crippen LogP) is 2.37. The van der Waals surface area contributed by atoms with Crippen LogP contribution in [0.4, 0.5) is 4.39 Å². The number of alkyl halides is 1. The van der Waals surface area contributed by atoms with Crippen LogP contribution < -0.4 is 0 Å². The van der Waals surface area contributed by atoms with Crippen molar-refractivity contribution >= 4 is 21.8 Å². The molecule has 1 aromatic rings. The molecule has 1 saturated heterocycles. The lowest BCUT2D eigenvalue weighted by molar-refractivity contribution is 0.00499. The first-order valence-corrected chi connectivity index (χ1v) is 6.97. The highest BCUT2D eigenvalue weighted by molar-refractivity contribution is 9.09. The Morgan fingerprint density at radius 2 is 2.39 bits per heavy atom. The van der Waals surface area contributed by atoms with Crippen molar-refractivity contribution in [2.24, 2.45) is 0 Å². The van der Waals surface area contributed by atoms with Crippen LogP contribution in [0.15, 0.2) is 18.2 Å². The zero-order valence-electron chi connectivity index (χ0n) is 10.2. The quantitative estimate of drug-likeness (QED) is 0.784. The minimum absolute atomic E-state index is 0.0360. The van der Waals surface area contributed by atoms with E-state index in [9.17, 15) is 9.18 Å². The van der Waals surface area contributed by atoms with Gasteiger partial charge < -0.3 is 9.64 Å². The van der Waals surface area contributed by atoms with Gasteiger partial charge in [-0.3, -0.25) is 4.79 Å². The van der Waals surface area contributed by atoms with Crippen LogP contribution in [-0.4, -0.2) is 41.9 Å². The van der Waals surface area contributed by atoms with E-state index in [1.807, 2.05) is 0 Å². The summed E-state index contributed by atoms with van der Waals surface area (Å²) in [6, 6.07) is 4.86. The van der Waals surface area contributed by atoms with E-state index in [0.717, 1.165) is 0 Å². The first-order valence-electron chi connectivity index (χ1n) is 5.85. The molecule has 18 heavy (non-hydrogen) atoms. The number of carbonyl (C=O) groups excluding carboxylic acids is 1. The molecule has 0 aliphatic carbocycles. The second kappa shape index (κ2) is 5.80. The fourth-order valence-corrected chi connectivity index (χ4v) is 2.55. The second-order valence-corrected chi connectivity index (χ2v) is 4.97. The molecule has 0 radical (unpaired) electrons. The lowest BCUT2D eigenvalue weighted by Gasteiger charge is -2.34. The lowest BCUT2D eigenvalue weighted by atomic mass is 10.1. The monoisotopic (exact) mass is 315 g/mol. The van der Waals surface area contributed by atoms with Gasteiger partial charge in [0.15, 0.2) is 0 Å². The molecule has 0 bridgehead atoms. The number of rotatable bonds is 2. The Morgan fingerprint density at radius 1 is 1.61 bits per heavy atom. The Morgan fingerprint density at radius 3 is 3.11 bits per heavy atom. The largest absolute Gasteiger partial charge is 0.377 e. The zero-order chi connectivity index (χ0) is 13.1. The van der Waals surface area contributed by atoms with Gasteiger partial charge in [-0.1, -0.05) is 28.1 Å². The van der Waals surface area contributed by atoms with Crippen molar-refractivity contribution in [3.63, 3.8) is 0 Å². The topological polar surface area (TPSA) is 29.5 Å². The van der Waals surface area contributed by atoms with Gasteiger partial charge in [-0.25, -0.2) is 4.39 Å². The smallest absolute Gasteiger partial charge is 0.257 e. The average molecular weight is 316 g/mol. The molecule has 1 amide bonds. The van der Waals surface area contributed by atoms with Crippen LogP contribution in [0.5, 0.6) is 0 Å². The highest BCUT2D eigenvalue weighted by Crippen LogP contribution is 2.18. The highest BCUT2D eigenvalue weighted by atomic mass is 79.9. The van der Waals surface area contributed by atoms with Crippen LogP contribution in [0.2, 0.25) is 0 Å². The van der Waals surface area contributed by atoms with E-state index in [0.29, 0.717) is 30.7 Å². The number of aryl methyl sites for hydroxylation is 1. The zero-order valence-corrected chi connectivity index (χ0v) is 11.7. The Labute approximate surface area is 114 Å². The molecule has 0 spiro atoms. The normalized spacial score (nSPS) is 19.9. The van der Waals surface area contributed by atoms with E-state index >= 15 is 0 Å². The second-order valence-electron chi connectivity index (χ2n) is 4.32. The Kier molecular flexibility index (Phi) is 4.35. The molecule has 0 saturated carbocycles. The molecule has 1 aliphatic rings. The van der Waals surface area contributed by atoms with Gasteiger partial charge >= 0.3 is 0 Å². The van der Waals surface area contributed by atoms with E-state index in [-0.39, 0.29) is 17.5 Å². The van der Waals surface area contributed by atoms with Crippen LogP contribution in [0.25, 0.3) is 0 Å². The molecule has 5 heteroatoms. The highest BCUT2D eigenvalue weighted by Gasteiger charge is 2.28. The number of morpholine rings is 1. The van der Waals surface area contributed by atoms with Gasteiger partial charge in [0.2, 0.25) is 0 Å². The number of hydrogen-bond acceptors (Lipinski definition) is 2. The van der Waals surface area contributed by atoms with Gasteiger partial charge in [-0.05, 0) is 18.6 Å². The van der Waals surface area contributed by atoms with Crippen LogP contribution in [0, 0.1) is 12.7 Å². The van der Waals surface area contributed by atoms with Gasteiger partial charge in [0.1, 0.15) is 5.82 Å². The summed E-state index contributed by atoms with van der Waals surface area (Å²) >= 11 is 3.36.